The van der Waals surface area contributed by atoms with Crippen molar-refractivity contribution in [1.29, 1.82) is 0 Å². The van der Waals surface area contributed by atoms with Crippen LogP contribution in [-0.4, -0.2) is 40.3 Å². The van der Waals surface area contributed by atoms with Crippen LogP contribution in [0.4, 0.5) is 11.4 Å². The number of thioether (sulfide) groups is 1. The molecule has 6 nitrogen and oxygen atoms in total. The second-order valence-electron chi connectivity index (χ2n) is 8.53. The molecule has 0 radical (unpaired) electrons. The number of hydrogen-bond acceptors (Lipinski definition) is 5. The molecule has 1 unspecified atom stereocenters. The fourth-order valence-corrected chi connectivity index (χ4v) is 4.80. The fourth-order valence-electron chi connectivity index (χ4n) is 3.63. The van der Waals surface area contributed by atoms with Crippen molar-refractivity contribution in [3.8, 4) is 5.75 Å². The highest BCUT2D eigenvalue weighted by atomic mass is 32.2. The molecule has 0 aliphatic carbocycles. The molecule has 1 saturated heterocycles. The van der Waals surface area contributed by atoms with Crippen LogP contribution in [0.3, 0.4) is 0 Å². The predicted octanol–water partition coefficient (Wildman–Crippen LogP) is 6.24. The van der Waals surface area contributed by atoms with Gasteiger partial charge in [0.05, 0.1) is 12.3 Å². The van der Waals surface area contributed by atoms with E-state index < -0.39 is 5.25 Å². The van der Waals surface area contributed by atoms with E-state index in [0.29, 0.717) is 24.0 Å². The van der Waals surface area contributed by atoms with Gasteiger partial charge in [0.25, 0.3) is 0 Å². The van der Waals surface area contributed by atoms with E-state index in [1.165, 1.54) is 36.6 Å². The molecule has 7 heteroatoms. The molecule has 0 spiro atoms. The Labute approximate surface area is 207 Å². The van der Waals surface area contributed by atoms with Crippen LogP contribution in [-0.2, 0) is 9.59 Å². The van der Waals surface area contributed by atoms with Gasteiger partial charge in [-0.1, -0.05) is 44.0 Å². The first kappa shape index (κ1) is 25.8. The molecular weight excluding hydrogens is 446 g/mol. The molecule has 1 heterocycles. The van der Waals surface area contributed by atoms with E-state index in [4.69, 9.17) is 9.73 Å². The quantitative estimate of drug-likeness (QED) is 0.408. The maximum atomic E-state index is 13.0. The monoisotopic (exact) mass is 481 g/mol. The number of aliphatic imine (C=N–C) groups is 1. The average molecular weight is 482 g/mol. The second kappa shape index (κ2) is 12.6. The van der Waals surface area contributed by atoms with E-state index in [-0.39, 0.29) is 18.2 Å². The Morgan fingerprint density at radius 3 is 2.53 bits per heavy atom. The number of hydrogen-bond donors (Lipinski definition) is 1. The normalized spacial score (nSPS) is 17.2. The van der Waals surface area contributed by atoms with Gasteiger partial charge in [-0.3, -0.25) is 14.5 Å². The molecule has 1 fully saturated rings. The smallest absolute Gasteiger partial charge is 0.238 e. The van der Waals surface area contributed by atoms with Gasteiger partial charge in [-0.05, 0) is 74.7 Å². The van der Waals surface area contributed by atoms with Crippen LogP contribution in [0.2, 0.25) is 0 Å². The fraction of sp³-hybridized carbons (Fsp3) is 0.444. The summed E-state index contributed by atoms with van der Waals surface area (Å²) in [6.45, 7) is 9.41. The number of carbonyl (C=O) groups is 2. The van der Waals surface area contributed by atoms with Crippen molar-refractivity contribution in [2.45, 2.75) is 65.0 Å². The molecule has 2 aromatic carbocycles. The van der Waals surface area contributed by atoms with Crippen molar-refractivity contribution in [3.05, 3.63) is 53.6 Å². The first-order valence-corrected chi connectivity index (χ1v) is 13.0. The predicted molar refractivity (Wildman–Crippen MR) is 141 cm³/mol. The summed E-state index contributed by atoms with van der Waals surface area (Å²) in [6.07, 6.45) is 4.79. The molecule has 0 saturated carbocycles. The number of benzene rings is 2. The van der Waals surface area contributed by atoms with Crippen LogP contribution in [0.5, 0.6) is 5.75 Å². The lowest BCUT2D eigenvalue weighted by atomic mass is 10.1. The first-order valence-electron chi connectivity index (χ1n) is 12.1. The van der Waals surface area contributed by atoms with E-state index in [9.17, 15) is 9.59 Å². The number of anilines is 1. The molecular formula is C27H35N3O3S. The standard InChI is InChI=1S/C27H35N3O3S/c1-5-7-8-9-16-33-23-14-12-21(13-15-23)28-26(32)24-18-25(31)30(6-2)27(34-24)29-22-11-10-19(3)20(4)17-22/h10-15,17,24H,5-9,16,18H2,1-4H3,(H,28,32). The lowest BCUT2D eigenvalue weighted by molar-refractivity contribution is -0.129. The Balaban J connectivity index is 1.63. The third-order valence-corrected chi connectivity index (χ3v) is 7.04. The number of unbranched alkanes of at least 4 members (excludes halogenated alkanes) is 3. The van der Waals surface area contributed by atoms with E-state index in [2.05, 4.69) is 19.2 Å². The van der Waals surface area contributed by atoms with Gasteiger partial charge in [0.1, 0.15) is 11.0 Å². The maximum Gasteiger partial charge on any atom is 0.238 e. The number of nitrogens with one attached hydrogen (secondary N) is 1. The van der Waals surface area contributed by atoms with Crippen molar-refractivity contribution in [2.75, 3.05) is 18.5 Å². The van der Waals surface area contributed by atoms with Crippen LogP contribution in [0.15, 0.2) is 47.5 Å². The Hall–Kier alpha value is -2.80. The minimum absolute atomic E-state index is 0.0872. The number of ether oxygens (including phenoxy) is 1. The zero-order valence-corrected chi connectivity index (χ0v) is 21.4. The van der Waals surface area contributed by atoms with Gasteiger partial charge in [0, 0.05) is 18.7 Å². The highest BCUT2D eigenvalue weighted by Crippen LogP contribution is 2.30. The van der Waals surface area contributed by atoms with Crippen LogP contribution in [0.1, 0.15) is 57.1 Å². The number of rotatable bonds is 10. The number of amidine groups is 1. The number of carbonyl (C=O) groups excluding carboxylic acids is 2. The van der Waals surface area contributed by atoms with Crippen molar-refractivity contribution in [3.63, 3.8) is 0 Å². The van der Waals surface area contributed by atoms with Crippen molar-refractivity contribution in [2.24, 2.45) is 4.99 Å². The molecule has 1 atom stereocenters. The topological polar surface area (TPSA) is 71.0 Å². The lowest BCUT2D eigenvalue weighted by Gasteiger charge is -2.31. The molecule has 182 valence electrons. The molecule has 1 aliphatic heterocycles. The molecule has 2 amide bonds. The third-order valence-electron chi connectivity index (χ3n) is 5.85. The average Bonchev–Trinajstić information content (AvgIpc) is 2.82. The highest BCUT2D eigenvalue weighted by molar-refractivity contribution is 8.15. The van der Waals surface area contributed by atoms with Gasteiger partial charge < -0.3 is 10.1 Å². The number of aryl methyl sites for hydroxylation is 2. The Morgan fingerprint density at radius 2 is 1.85 bits per heavy atom. The molecule has 0 aromatic heterocycles. The number of amides is 2. The Morgan fingerprint density at radius 1 is 1.09 bits per heavy atom. The van der Waals surface area contributed by atoms with Crippen LogP contribution < -0.4 is 10.1 Å². The van der Waals surface area contributed by atoms with Crippen LogP contribution >= 0.6 is 11.8 Å². The van der Waals surface area contributed by atoms with E-state index in [1.54, 1.807) is 4.90 Å². The van der Waals surface area contributed by atoms with Crippen LogP contribution in [0.25, 0.3) is 0 Å². The Kier molecular flexibility index (Phi) is 9.57. The second-order valence-corrected chi connectivity index (χ2v) is 9.70. The zero-order chi connectivity index (χ0) is 24.5. The number of nitrogens with zero attached hydrogens (tertiary/aromatic N) is 2. The van der Waals surface area contributed by atoms with Gasteiger partial charge >= 0.3 is 0 Å². The first-order chi connectivity index (χ1) is 16.4. The molecule has 2 aromatic rings. The summed E-state index contributed by atoms with van der Waals surface area (Å²) in [5, 5.41) is 2.97. The lowest BCUT2D eigenvalue weighted by Crippen LogP contribution is -2.45. The molecule has 1 aliphatic rings. The van der Waals surface area contributed by atoms with Crippen molar-refractivity contribution >= 4 is 40.1 Å². The summed E-state index contributed by atoms with van der Waals surface area (Å²) in [7, 11) is 0. The SMILES string of the molecule is CCCCCCOc1ccc(NC(=O)C2CC(=O)N(CC)C(=Nc3ccc(C)c(C)c3)S2)cc1. The minimum atomic E-state index is -0.532. The molecule has 3 rings (SSSR count). The summed E-state index contributed by atoms with van der Waals surface area (Å²) in [4.78, 5) is 32.1. The van der Waals surface area contributed by atoms with Crippen molar-refractivity contribution in [1.82, 2.24) is 4.90 Å². The summed E-state index contributed by atoms with van der Waals surface area (Å²) >= 11 is 1.34. The van der Waals surface area contributed by atoms with E-state index in [1.807, 2.05) is 56.3 Å². The van der Waals surface area contributed by atoms with Gasteiger partial charge in [0.15, 0.2) is 5.17 Å². The van der Waals surface area contributed by atoms with Gasteiger partial charge in [0.2, 0.25) is 11.8 Å². The molecule has 1 N–H and O–H groups in total. The molecule has 34 heavy (non-hydrogen) atoms. The van der Waals surface area contributed by atoms with Gasteiger partial charge in [-0.15, -0.1) is 0 Å². The summed E-state index contributed by atoms with van der Waals surface area (Å²) in [5.74, 6) is 0.504. The maximum absolute atomic E-state index is 13.0. The summed E-state index contributed by atoms with van der Waals surface area (Å²) in [5.41, 5.74) is 3.79. The zero-order valence-electron chi connectivity index (χ0n) is 20.6. The molecule has 0 bridgehead atoms. The largest absolute Gasteiger partial charge is 0.494 e. The highest BCUT2D eigenvalue weighted by Gasteiger charge is 2.35. The van der Waals surface area contributed by atoms with Gasteiger partial charge in [-0.2, -0.15) is 0 Å². The minimum Gasteiger partial charge on any atom is -0.494 e. The third kappa shape index (κ3) is 7.10. The van der Waals surface area contributed by atoms with Crippen LogP contribution in [0, 0.1) is 13.8 Å². The van der Waals surface area contributed by atoms with E-state index in [0.717, 1.165) is 23.4 Å². The summed E-state index contributed by atoms with van der Waals surface area (Å²) in [6, 6.07) is 13.3. The van der Waals surface area contributed by atoms with Crippen molar-refractivity contribution < 1.29 is 14.3 Å². The summed E-state index contributed by atoms with van der Waals surface area (Å²) < 4.78 is 5.77. The Bertz CT molecular complexity index is 1020. The van der Waals surface area contributed by atoms with E-state index >= 15 is 0 Å². The van der Waals surface area contributed by atoms with Gasteiger partial charge in [-0.25, -0.2) is 4.99 Å².